The largest absolute Gasteiger partial charge is 0.490 e. The van der Waals surface area contributed by atoms with Crippen LogP contribution in [-0.2, 0) is 10.0 Å². The van der Waals surface area contributed by atoms with Crippen molar-refractivity contribution in [1.29, 1.82) is 0 Å². The van der Waals surface area contributed by atoms with Gasteiger partial charge in [0, 0.05) is 6.07 Å². The Balaban J connectivity index is 2.44. The molecule has 0 saturated heterocycles. The number of benzene rings is 2. The zero-order chi connectivity index (χ0) is 18.1. The number of nitrogen functional groups attached to an aromatic ring is 1. The van der Waals surface area contributed by atoms with E-state index < -0.39 is 20.6 Å². The second kappa shape index (κ2) is 6.71. The molecule has 0 aromatic heterocycles. The number of nitro benzene ring substituents is 1. The Kier molecular flexibility index (Phi) is 5.07. The fraction of sp³-hybridized carbons (Fsp3) is 0.0769. The average molecular weight is 392 g/mol. The summed E-state index contributed by atoms with van der Waals surface area (Å²) in [5.41, 5.74) is 5.28. The number of hydrogen-bond donors (Lipinski definition) is 2. The Bertz CT molecular complexity index is 895. The van der Waals surface area contributed by atoms with Crippen molar-refractivity contribution in [3.63, 3.8) is 0 Å². The molecule has 0 amide bonds. The predicted molar refractivity (Wildman–Crippen MR) is 91.3 cm³/mol. The van der Waals surface area contributed by atoms with E-state index >= 15 is 0 Å². The van der Waals surface area contributed by atoms with E-state index in [2.05, 4.69) is 4.72 Å². The van der Waals surface area contributed by atoms with Crippen molar-refractivity contribution in [2.24, 2.45) is 0 Å². The molecule has 0 aliphatic heterocycles. The first-order valence-electron chi connectivity index (χ1n) is 6.25. The number of nitrogens with two attached hydrogens (primary N) is 1. The zero-order valence-electron chi connectivity index (χ0n) is 12.1. The molecule has 3 N–H and O–H groups in total. The molecule has 2 aromatic carbocycles. The topological polar surface area (TPSA) is 125 Å². The van der Waals surface area contributed by atoms with Crippen LogP contribution < -0.4 is 15.2 Å². The molecule has 128 valence electrons. The summed E-state index contributed by atoms with van der Waals surface area (Å²) in [7, 11) is -2.87. The van der Waals surface area contributed by atoms with Crippen molar-refractivity contribution in [3.8, 4) is 5.75 Å². The molecule has 2 rings (SSSR count). The number of halogens is 2. The van der Waals surface area contributed by atoms with Crippen LogP contribution in [0.5, 0.6) is 5.75 Å². The van der Waals surface area contributed by atoms with Gasteiger partial charge in [0.1, 0.15) is 0 Å². The van der Waals surface area contributed by atoms with Crippen LogP contribution in [0.15, 0.2) is 35.2 Å². The lowest BCUT2D eigenvalue weighted by Gasteiger charge is -2.11. The molecular formula is C13H11Cl2N3O5S. The van der Waals surface area contributed by atoms with Crippen LogP contribution >= 0.6 is 23.2 Å². The fourth-order valence-corrected chi connectivity index (χ4v) is 3.38. The van der Waals surface area contributed by atoms with Crippen molar-refractivity contribution >= 4 is 50.3 Å². The van der Waals surface area contributed by atoms with Crippen LogP contribution in [0, 0.1) is 10.1 Å². The molecule has 0 aliphatic carbocycles. The van der Waals surface area contributed by atoms with E-state index in [1.54, 1.807) is 0 Å². The second-order valence-corrected chi connectivity index (χ2v) is 7.05. The van der Waals surface area contributed by atoms with Crippen LogP contribution in [-0.4, -0.2) is 20.5 Å². The summed E-state index contributed by atoms with van der Waals surface area (Å²) in [6, 6.07) is 5.81. The summed E-state index contributed by atoms with van der Waals surface area (Å²) in [5.74, 6) is -0.0578. The van der Waals surface area contributed by atoms with Crippen LogP contribution in [0.4, 0.5) is 17.1 Å². The van der Waals surface area contributed by atoms with Gasteiger partial charge >= 0.3 is 5.69 Å². The van der Waals surface area contributed by atoms with Crippen molar-refractivity contribution < 1.29 is 18.1 Å². The van der Waals surface area contributed by atoms with Crippen molar-refractivity contribution in [3.05, 3.63) is 50.5 Å². The normalized spacial score (nSPS) is 11.1. The molecule has 24 heavy (non-hydrogen) atoms. The van der Waals surface area contributed by atoms with Gasteiger partial charge in [0.05, 0.1) is 38.3 Å². The third-order valence-corrected chi connectivity index (χ3v) is 4.99. The van der Waals surface area contributed by atoms with Gasteiger partial charge in [-0.1, -0.05) is 23.2 Å². The Morgan fingerprint density at radius 1 is 1.21 bits per heavy atom. The number of methoxy groups -OCH3 is 1. The molecule has 0 heterocycles. The number of nitrogens with one attached hydrogen (secondary N) is 1. The van der Waals surface area contributed by atoms with Gasteiger partial charge in [-0.05, 0) is 24.3 Å². The summed E-state index contributed by atoms with van der Waals surface area (Å²) in [5, 5.41) is 11.1. The Labute approximate surface area is 147 Å². The molecule has 8 nitrogen and oxygen atoms in total. The lowest BCUT2D eigenvalue weighted by atomic mass is 10.3. The Hall–Kier alpha value is -2.23. The third-order valence-electron chi connectivity index (χ3n) is 2.99. The van der Waals surface area contributed by atoms with Gasteiger partial charge in [0.2, 0.25) is 0 Å². The van der Waals surface area contributed by atoms with Gasteiger partial charge in [-0.15, -0.1) is 0 Å². The number of sulfonamides is 1. The maximum atomic E-state index is 12.4. The third kappa shape index (κ3) is 3.64. The molecular weight excluding hydrogens is 381 g/mol. The number of ether oxygens (including phenoxy) is 1. The van der Waals surface area contributed by atoms with Crippen LogP contribution in [0.3, 0.4) is 0 Å². The molecule has 2 aromatic rings. The first-order valence-corrected chi connectivity index (χ1v) is 8.49. The summed E-state index contributed by atoms with van der Waals surface area (Å²) in [4.78, 5) is 9.94. The highest BCUT2D eigenvalue weighted by Gasteiger charge is 2.22. The van der Waals surface area contributed by atoms with Crippen LogP contribution in [0.25, 0.3) is 0 Å². The number of nitro groups is 1. The van der Waals surface area contributed by atoms with Crippen molar-refractivity contribution in [1.82, 2.24) is 0 Å². The second-order valence-electron chi connectivity index (χ2n) is 4.55. The van der Waals surface area contributed by atoms with Crippen molar-refractivity contribution in [2.45, 2.75) is 4.90 Å². The molecule has 0 radical (unpaired) electrons. The van der Waals surface area contributed by atoms with E-state index in [4.69, 9.17) is 33.7 Å². The van der Waals surface area contributed by atoms with E-state index in [1.165, 1.54) is 31.4 Å². The van der Waals surface area contributed by atoms with Crippen LogP contribution in [0.1, 0.15) is 0 Å². The average Bonchev–Trinajstić information content (AvgIpc) is 2.51. The molecule has 0 spiro atoms. The quantitative estimate of drug-likeness (QED) is 0.457. The monoisotopic (exact) mass is 391 g/mol. The minimum atomic E-state index is -4.11. The molecule has 11 heteroatoms. The summed E-state index contributed by atoms with van der Waals surface area (Å²) < 4.78 is 31.8. The standard InChI is InChI=1S/C13H11Cl2N3O5S/c1-23-12-3-2-8(6-11(12)18(19)20)24(21,22)17-7-4-9(14)13(16)10(15)5-7/h2-6,17H,16H2,1H3. The van der Waals surface area contributed by atoms with Crippen molar-refractivity contribution in [2.75, 3.05) is 17.6 Å². The van der Waals surface area contributed by atoms with E-state index in [1.807, 2.05) is 0 Å². The minimum Gasteiger partial charge on any atom is -0.490 e. The molecule has 0 aliphatic rings. The van der Waals surface area contributed by atoms with E-state index in [-0.39, 0.29) is 32.1 Å². The SMILES string of the molecule is COc1ccc(S(=O)(=O)Nc2cc(Cl)c(N)c(Cl)c2)cc1[N+](=O)[O-]. The van der Waals surface area contributed by atoms with Gasteiger partial charge in [-0.3, -0.25) is 14.8 Å². The highest BCUT2D eigenvalue weighted by Crippen LogP contribution is 2.33. The van der Waals surface area contributed by atoms with Crippen LogP contribution in [0.2, 0.25) is 10.0 Å². The maximum Gasteiger partial charge on any atom is 0.312 e. The fourth-order valence-electron chi connectivity index (χ4n) is 1.84. The van der Waals surface area contributed by atoms with E-state index in [0.29, 0.717) is 0 Å². The molecule has 0 fully saturated rings. The van der Waals surface area contributed by atoms with E-state index in [9.17, 15) is 18.5 Å². The highest BCUT2D eigenvalue weighted by molar-refractivity contribution is 7.92. The predicted octanol–water partition coefficient (Wildman–Crippen LogP) is 3.29. The van der Waals surface area contributed by atoms with E-state index in [0.717, 1.165) is 6.07 Å². The first kappa shape index (κ1) is 18.1. The minimum absolute atomic E-state index is 0.0578. The summed E-state index contributed by atoms with van der Waals surface area (Å²) in [6.07, 6.45) is 0. The Morgan fingerprint density at radius 2 is 1.79 bits per heavy atom. The molecule has 0 unspecified atom stereocenters. The summed E-state index contributed by atoms with van der Waals surface area (Å²) >= 11 is 11.7. The number of nitrogens with zero attached hydrogens (tertiary/aromatic N) is 1. The summed E-state index contributed by atoms with van der Waals surface area (Å²) in [6.45, 7) is 0. The highest BCUT2D eigenvalue weighted by atomic mass is 35.5. The van der Waals surface area contributed by atoms with Gasteiger partial charge in [-0.25, -0.2) is 8.42 Å². The van der Waals surface area contributed by atoms with Gasteiger partial charge < -0.3 is 10.5 Å². The maximum absolute atomic E-state index is 12.4. The first-order chi connectivity index (χ1) is 11.2. The van der Waals surface area contributed by atoms with Gasteiger partial charge in [-0.2, -0.15) is 0 Å². The Morgan fingerprint density at radius 3 is 2.29 bits per heavy atom. The number of rotatable bonds is 5. The smallest absolute Gasteiger partial charge is 0.312 e. The molecule has 0 saturated carbocycles. The zero-order valence-corrected chi connectivity index (χ0v) is 14.4. The van der Waals surface area contributed by atoms with Gasteiger partial charge in [0.25, 0.3) is 10.0 Å². The lowest BCUT2D eigenvalue weighted by Crippen LogP contribution is -2.13. The molecule has 0 atom stereocenters. The number of anilines is 2. The lowest BCUT2D eigenvalue weighted by molar-refractivity contribution is -0.386. The van der Waals surface area contributed by atoms with Gasteiger partial charge in [0.15, 0.2) is 5.75 Å². The molecule has 0 bridgehead atoms. The number of hydrogen-bond acceptors (Lipinski definition) is 6.